The molecule has 2 aromatic carbocycles. The summed E-state index contributed by atoms with van der Waals surface area (Å²) >= 11 is 0. The molecule has 2 aromatic rings. The lowest BCUT2D eigenvalue weighted by Crippen LogP contribution is -2.10. The number of nitro benzene ring substituents is 1. The van der Waals surface area contributed by atoms with Crippen molar-refractivity contribution < 1.29 is 14.4 Å². The monoisotopic (exact) mass is 344 g/mol. The van der Waals surface area contributed by atoms with Gasteiger partial charge >= 0.3 is 0 Å². The van der Waals surface area contributed by atoms with E-state index in [1.165, 1.54) is 12.1 Å². The number of hydrogen-bond donors (Lipinski definition) is 2. The van der Waals surface area contributed by atoms with E-state index in [-0.39, 0.29) is 12.4 Å². The largest absolute Gasteiger partial charge is 0.496 e. The summed E-state index contributed by atoms with van der Waals surface area (Å²) < 4.78 is 10.7. The van der Waals surface area contributed by atoms with Crippen molar-refractivity contribution in [3.63, 3.8) is 0 Å². The van der Waals surface area contributed by atoms with E-state index in [0.29, 0.717) is 22.9 Å². The van der Waals surface area contributed by atoms with Gasteiger partial charge in [-0.15, -0.1) is 0 Å². The molecular formula is C15H16N6O4. The first-order valence-electron chi connectivity index (χ1n) is 7.14. The molecule has 2 rings (SSSR count). The molecule has 2 N–H and O–H groups in total. The summed E-state index contributed by atoms with van der Waals surface area (Å²) in [6.07, 6.45) is 0. The van der Waals surface area contributed by atoms with Crippen LogP contribution in [0.3, 0.4) is 0 Å². The lowest BCUT2D eigenvalue weighted by molar-refractivity contribution is -0.384. The number of methoxy groups -OCH3 is 1. The number of hydrogen-bond acceptors (Lipinski definition) is 7. The summed E-state index contributed by atoms with van der Waals surface area (Å²) in [4.78, 5) is 12.8. The lowest BCUT2D eigenvalue weighted by Gasteiger charge is -2.16. The van der Waals surface area contributed by atoms with Crippen molar-refractivity contribution in [2.45, 2.75) is 6.92 Å². The van der Waals surface area contributed by atoms with Gasteiger partial charge in [0.1, 0.15) is 11.5 Å². The van der Waals surface area contributed by atoms with Gasteiger partial charge in [0.2, 0.25) is 0 Å². The first-order chi connectivity index (χ1) is 12.0. The predicted octanol–water partition coefficient (Wildman–Crippen LogP) is 4.00. The van der Waals surface area contributed by atoms with E-state index in [0.717, 1.165) is 5.56 Å². The summed E-state index contributed by atoms with van der Waals surface area (Å²) in [6, 6.07) is 9.37. The standard InChI is InChI=1S/C15H16N6O4/c1-10-7-15(25-9-17-20-16)13(8-14(10)24-2)19-18-11-3-5-12(6-4-11)21(22)23/h3-8,18-19H,9H2,1-2H3. The number of ether oxygens (including phenoxy) is 2. The van der Waals surface area contributed by atoms with E-state index in [4.69, 9.17) is 15.0 Å². The second-order valence-electron chi connectivity index (χ2n) is 4.88. The molecule has 0 aromatic heterocycles. The van der Waals surface area contributed by atoms with Crippen molar-refractivity contribution in [3.05, 3.63) is 62.5 Å². The van der Waals surface area contributed by atoms with Crippen molar-refractivity contribution >= 4 is 17.1 Å². The number of nitrogens with one attached hydrogen (secondary N) is 2. The molecule has 0 fully saturated rings. The fourth-order valence-corrected chi connectivity index (χ4v) is 2.03. The Kier molecular flexibility index (Phi) is 5.86. The maximum absolute atomic E-state index is 10.7. The van der Waals surface area contributed by atoms with Crippen LogP contribution in [0, 0.1) is 17.0 Å². The maximum atomic E-state index is 10.7. The molecular weight excluding hydrogens is 328 g/mol. The Bertz CT molecular complexity index is 802. The minimum atomic E-state index is -0.469. The summed E-state index contributed by atoms with van der Waals surface area (Å²) in [6.45, 7) is 1.70. The van der Waals surface area contributed by atoms with E-state index >= 15 is 0 Å². The van der Waals surface area contributed by atoms with Gasteiger partial charge in [-0.05, 0) is 36.2 Å². The molecule has 0 unspecified atom stereocenters. The Hall–Kier alpha value is -3.65. The first kappa shape index (κ1) is 17.7. The number of hydrazine groups is 1. The number of aryl methyl sites for hydroxylation is 1. The lowest BCUT2D eigenvalue weighted by atomic mass is 10.2. The van der Waals surface area contributed by atoms with Crippen LogP contribution in [0.1, 0.15) is 5.56 Å². The Labute approximate surface area is 143 Å². The summed E-state index contributed by atoms with van der Waals surface area (Å²) in [5, 5.41) is 14.0. The summed E-state index contributed by atoms with van der Waals surface area (Å²) in [5.41, 5.74) is 16.2. The minimum absolute atomic E-state index is 0.000873. The average molecular weight is 344 g/mol. The van der Waals surface area contributed by atoms with E-state index in [1.807, 2.05) is 6.92 Å². The highest BCUT2D eigenvalue weighted by Crippen LogP contribution is 2.32. The molecule has 0 radical (unpaired) electrons. The number of non-ortho nitro benzene ring substituents is 1. The third kappa shape index (κ3) is 4.66. The second kappa shape index (κ2) is 8.27. The van der Waals surface area contributed by atoms with Crippen LogP contribution in [-0.4, -0.2) is 18.8 Å². The molecule has 0 heterocycles. The van der Waals surface area contributed by atoms with Crippen LogP contribution in [0.2, 0.25) is 0 Å². The smallest absolute Gasteiger partial charge is 0.269 e. The number of nitrogens with zero attached hydrogens (tertiary/aromatic N) is 4. The van der Waals surface area contributed by atoms with Crippen molar-refractivity contribution in [1.29, 1.82) is 0 Å². The van der Waals surface area contributed by atoms with Gasteiger partial charge in [0.25, 0.3) is 5.69 Å². The number of benzene rings is 2. The topological polar surface area (TPSA) is 134 Å². The van der Waals surface area contributed by atoms with Crippen LogP contribution in [0.5, 0.6) is 11.5 Å². The van der Waals surface area contributed by atoms with E-state index < -0.39 is 4.92 Å². The van der Waals surface area contributed by atoms with Crippen LogP contribution in [0.4, 0.5) is 17.1 Å². The molecule has 130 valence electrons. The average Bonchev–Trinajstić information content (AvgIpc) is 2.61. The van der Waals surface area contributed by atoms with Crippen LogP contribution in [0.15, 0.2) is 41.5 Å². The summed E-state index contributed by atoms with van der Waals surface area (Å²) in [5.74, 6) is 1.10. The highest BCUT2D eigenvalue weighted by molar-refractivity contribution is 5.65. The SMILES string of the molecule is COc1cc(NNc2ccc([N+](=O)[O-])cc2)c(OCN=[N+]=[N-])cc1C. The van der Waals surface area contributed by atoms with Crippen molar-refractivity contribution in [3.8, 4) is 11.5 Å². The zero-order valence-electron chi connectivity index (χ0n) is 13.6. The second-order valence-corrected chi connectivity index (χ2v) is 4.88. The zero-order chi connectivity index (χ0) is 18.2. The van der Waals surface area contributed by atoms with Gasteiger partial charge in [0.15, 0.2) is 6.73 Å². The van der Waals surface area contributed by atoms with E-state index in [1.54, 1.807) is 31.4 Å². The fourth-order valence-electron chi connectivity index (χ4n) is 2.03. The molecule has 0 atom stereocenters. The minimum Gasteiger partial charge on any atom is -0.496 e. The molecule has 0 aliphatic heterocycles. The molecule has 0 aliphatic rings. The van der Waals surface area contributed by atoms with Gasteiger partial charge in [-0.25, -0.2) is 0 Å². The molecule has 0 aliphatic carbocycles. The normalized spacial score (nSPS) is 9.68. The Morgan fingerprint density at radius 2 is 1.96 bits per heavy atom. The van der Waals surface area contributed by atoms with Crippen molar-refractivity contribution in [2.24, 2.45) is 5.11 Å². The number of anilines is 2. The molecule has 25 heavy (non-hydrogen) atoms. The molecule has 0 spiro atoms. The quantitative estimate of drug-likeness (QED) is 0.244. The highest BCUT2D eigenvalue weighted by Gasteiger charge is 2.10. The number of rotatable bonds is 8. The third-order valence-electron chi connectivity index (χ3n) is 3.26. The van der Waals surface area contributed by atoms with Gasteiger partial charge in [0, 0.05) is 23.1 Å². The number of nitro groups is 1. The van der Waals surface area contributed by atoms with Crippen LogP contribution in [0.25, 0.3) is 10.4 Å². The van der Waals surface area contributed by atoms with Gasteiger partial charge in [-0.3, -0.25) is 15.5 Å². The number of azide groups is 1. The Morgan fingerprint density at radius 1 is 1.24 bits per heavy atom. The summed E-state index contributed by atoms with van der Waals surface area (Å²) in [7, 11) is 1.55. The van der Waals surface area contributed by atoms with Gasteiger partial charge in [0.05, 0.1) is 23.4 Å². The predicted molar refractivity (Wildman–Crippen MR) is 92.7 cm³/mol. The zero-order valence-corrected chi connectivity index (χ0v) is 13.6. The van der Waals surface area contributed by atoms with Gasteiger partial charge in [-0.2, -0.15) is 0 Å². The van der Waals surface area contributed by atoms with Crippen molar-refractivity contribution in [1.82, 2.24) is 0 Å². The molecule has 0 saturated carbocycles. The third-order valence-corrected chi connectivity index (χ3v) is 3.26. The Balaban J connectivity index is 2.17. The van der Waals surface area contributed by atoms with E-state index in [9.17, 15) is 10.1 Å². The first-order valence-corrected chi connectivity index (χ1v) is 7.14. The van der Waals surface area contributed by atoms with Gasteiger partial charge in [-0.1, -0.05) is 5.11 Å². The molecule has 0 amide bonds. The van der Waals surface area contributed by atoms with Crippen LogP contribution < -0.4 is 20.3 Å². The molecule has 10 nitrogen and oxygen atoms in total. The maximum Gasteiger partial charge on any atom is 0.269 e. The highest BCUT2D eigenvalue weighted by atomic mass is 16.6. The van der Waals surface area contributed by atoms with Crippen molar-refractivity contribution in [2.75, 3.05) is 24.7 Å². The van der Waals surface area contributed by atoms with Crippen LogP contribution in [-0.2, 0) is 0 Å². The van der Waals surface area contributed by atoms with Crippen LogP contribution >= 0.6 is 0 Å². The molecule has 10 heteroatoms. The fraction of sp³-hybridized carbons (Fsp3) is 0.200. The molecule has 0 saturated heterocycles. The molecule has 0 bridgehead atoms. The van der Waals surface area contributed by atoms with E-state index in [2.05, 4.69) is 20.9 Å². The van der Waals surface area contributed by atoms with Gasteiger partial charge < -0.3 is 14.9 Å². The Morgan fingerprint density at radius 3 is 2.56 bits per heavy atom.